The summed E-state index contributed by atoms with van der Waals surface area (Å²) in [7, 11) is -8.07. The number of aryl methyl sites for hydroxylation is 1. The molecule has 0 N–H and O–H groups in total. The number of nitrogens with zero attached hydrogens (tertiary/aromatic N) is 4. The average molecular weight is 482 g/mol. The number of aromatic nitrogens is 4. The van der Waals surface area contributed by atoms with Crippen LogP contribution < -0.4 is 0 Å². The van der Waals surface area contributed by atoms with E-state index in [0.717, 1.165) is 16.5 Å². The van der Waals surface area contributed by atoms with Gasteiger partial charge in [0.25, 0.3) is 0 Å². The summed E-state index contributed by atoms with van der Waals surface area (Å²) in [4.78, 5) is 0. The van der Waals surface area contributed by atoms with E-state index in [4.69, 9.17) is 18.1 Å². The molecule has 2 heterocycles. The molecule has 12 heteroatoms. The zero-order valence-corrected chi connectivity index (χ0v) is 20.6. The van der Waals surface area contributed by atoms with Crippen LogP contribution in [0, 0.1) is 6.92 Å². The first kappa shape index (κ1) is 24.7. The maximum absolute atomic E-state index is 13.8. The van der Waals surface area contributed by atoms with E-state index in [-0.39, 0.29) is 31.5 Å². The van der Waals surface area contributed by atoms with Crippen molar-refractivity contribution in [3.05, 3.63) is 40.4 Å². The fourth-order valence-corrected chi connectivity index (χ4v) is 7.84. The van der Waals surface area contributed by atoms with Crippen LogP contribution >= 0.6 is 15.2 Å². The van der Waals surface area contributed by atoms with Crippen LogP contribution in [0.3, 0.4) is 0 Å². The summed E-state index contributed by atoms with van der Waals surface area (Å²) in [6, 6.07) is 7.68. The summed E-state index contributed by atoms with van der Waals surface area (Å²) in [5, 5.41) is 12.6. The Hall–Kier alpha value is -1.93. The fourth-order valence-electron chi connectivity index (χ4n) is 3.32. The lowest BCUT2D eigenvalue weighted by atomic mass is 10.1. The van der Waals surface area contributed by atoms with Crippen molar-refractivity contribution in [1.29, 1.82) is 0 Å². The SMILES string of the molecule is CCOP(=O)(OCC)C(=Cc1cc2cc(C)ccc2n2nnnc12)P(=O)(OCC)OCC. The van der Waals surface area contributed by atoms with E-state index in [1.54, 1.807) is 32.2 Å². The predicted octanol–water partition coefficient (Wildman–Crippen LogP) is 5.42. The summed E-state index contributed by atoms with van der Waals surface area (Å²) in [5.41, 5.74) is 2.70. The summed E-state index contributed by atoms with van der Waals surface area (Å²) in [5.74, 6) is 0. The standard InChI is InChI=1S/C20H28N4O6P2/c1-6-27-31(25,28-7-2)19(32(26,29-8-3)30-9-4)14-17-13-16-12-15(5)10-11-18(16)24-20(17)21-22-23-24/h10-14H,6-9H2,1-5H3. The van der Waals surface area contributed by atoms with E-state index in [1.807, 2.05) is 31.2 Å². The molecule has 0 spiro atoms. The Morgan fingerprint density at radius 2 is 1.50 bits per heavy atom. The Labute approximate surface area is 187 Å². The normalized spacial score (nSPS) is 12.5. The number of pyridine rings is 1. The van der Waals surface area contributed by atoms with Gasteiger partial charge in [0, 0.05) is 10.9 Å². The lowest BCUT2D eigenvalue weighted by Gasteiger charge is -2.25. The highest BCUT2D eigenvalue weighted by Gasteiger charge is 2.45. The van der Waals surface area contributed by atoms with Gasteiger partial charge in [0.2, 0.25) is 0 Å². The molecule has 10 nitrogen and oxygen atoms in total. The van der Waals surface area contributed by atoms with Crippen molar-refractivity contribution in [3.8, 4) is 0 Å². The molecule has 32 heavy (non-hydrogen) atoms. The number of benzene rings is 1. The molecule has 0 aliphatic heterocycles. The molecule has 0 bridgehead atoms. The summed E-state index contributed by atoms with van der Waals surface area (Å²) < 4.78 is 51.2. The van der Waals surface area contributed by atoms with Crippen LogP contribution in [0.4, 0.5) is 0 Å². The van der Waals surface area contributed by atoms with Crippen LogP contribution in [0.5, 0.6) is 0 Å². The molecule has 174 valence electrons. The van der Waals surface area contributed by atoms with E-state index in [1.165, 1.54) is 6.08 Å². The number of rotatable bonds is 11. The molecule has 2 aromatic heterocycles. The van der Waals surface area contributed by atoms with Gasteiger partial charge < -0.3 is 18.1 Å². The fraction of sp³-hybridized carbons (Fsp3) is 0.450. The van der Waals surface area contributed by atoms with Crippen LogP contribution in [-0.4, -0.2) is 46.5 Å². The Morgan fingerprint density at radius 3 is 2.03 bits per heavy atom. The first-order valence-corrected chi connectivity index (χ1v) is 13.5. The van der Waals surface area contributed by atoms with Gasteiger partial charge in [-0.15, -0.1) is 5.10 Å². The van der Waals surface area contributed by atoms with Crippen LogP contribution in [0.1, 0.15) is 38.8 Å². The molecule has 0 fully saturated rings. The van der Waals surface area contributed by atoms with E-state index in [9.17, 15) is 9.13 Å². The van der Waals surface area contributed by atoms with Crippen molar-refractivity contribution in [3.63, 3.8) is 0 Å². The van der Waals surface area contributed by atoms with Crippen molar-refractivity contribution < 1.29 is 27.2 Å². The molecule has 0 saturated carbocycles. The van der Waals surface area contributed by atoms with Gasteiger partial charge in [-0.05, 0) is 69.3 Å². The maximum atomic E-state index is 13.8. The van der Waals surface area contributed by atoms with Crippen molar-refractivity contribution in [2.24, 2.45) is 0 Å². The van der Waals surface area contributed by atoms with Gasteiger partial charge in [-0.3, -0.25) is 9.13 Å². The quantitative estimate of drug-likeness (QED) is 0.331. The third-order valence-electron chi connectivity index (χ3n) is 4.49. The summed E-state index contributed by atoms with van der Waals surface area (Å²) in [6.45, 7) is 8.98. The Morgan fingerprint density at radius 1 is 0.938 bits per heavy atom. The van der Waals surface area contributed by atoms with Gasteiger partial charge in [0.05, 0.1) is 31.9 Å². The van der Waals surface area contributed by atoms with Gasteiger partial charge in [-0.1, -0.05) is 11.6 Å². The van der Waals surface area contributed by atoms with Crippen molar-refractivity contribution >= 4 is 37.8 Å². The third kappa shape index (κ3) is 4.86. The Balaban J connectivity index is 2.36. The summed E-state index contributed by atoms with van der Waals surface area (Å²) >= 11 is 0. The highest BCUT2D eigenvalue weighted by molar-refractivity contribution is 7.79. The second-order valence-corrected chi connectivity index (χ2v) is 11.1. The molecule has 0 unspecified atom stereocenters. The van der Waals surface area contributed by atoms with Gasteiger partial charge in [-0.2, -0.15) is 4.52 Å². The van der Waals surface area contributed by atoms with Crippen LogP contribution in [0.15, 0.2) is 29.3 Å². The first-order valence-electron chi connectivity index (χ1n) is 10.4. The molecule has 1 aromatic carbocycles. The highest BCUT2D eigenvalue weighted by atomic mass is 31.2. The zero-order chi connectivity index (χ0) is 23.4. The molecular weight excluding hydrogens is 454 g/mol. The molecule has 0 aliphatic rings. The van der Waals surface area contributed by atoms with Gasteiger partial charge in [0.1, 0.15) is 0 Å². The van der Waals surface area contributed by atoms with Crippen molar-refractivity contribution in [2.75, 3.05) is 26.4 Å². The predicted molar refractivity (Wildman–Crippen MR) is 123 cm³/mol. The van der Waals surface area contributed by atoms with E-state index < -0.39 is 15.2 Å². The molecule has 3 aromatic rings. The smallest absolute Gasteiger partial charge is 0.305 e. The van der Waals surface area contributed by atoms with Gasteiger partial charge in [0.15, 0.2) is 10.7 Å². The zero-order valence-electron chi connectivity index (χ0n) is 18.8. The third-order valence-corrected chi connectivity index (χ3v) is 9.73. The second kappa shape index (κ2) is 10.3. The second-order valence-electron chi connectivity index (χ2n) is 6.74. The largest absolute Gasteiger partial charge is 0.369 e. The minimum absolute atomic E-state index is 0.0751. The number of hydrogen-bond acceptors (Lipinski definition) is 9. The van der Waals surface area contributed by atoms with E-state index >= 15 is 0 Å². The van der Waals surface area contributed by atoms with E-state index in [0.29, 0.717) is 11.2 Å². The lowest BCUT2D eigenvalue weighted by Crippen LogP contribution is -2.05. The number of hydrogen-bond donors (Lipinski definition) is 0. The Kier molecular flexibility index (Phi) is 7.98. The van der Waals surface area contributed by atoms with Crippen molar-refractivity contribution in [2.45, 2.75) is 34.6 Å². The van der Waals surface area contributed by atoms with Crippen LogP contribution in [-0.2, 0) is 27.2 Å². The molecule has 0 amide bonds. The monoisotopic (exact) mass is 482 g/mol. The minimum atomic E-state index is -4.03. The number of tetrazole rings is 1. The average Bonchev–Trinajstić information content (AvgIpc) is 3.22. The number of fused-ring (bicyclic) bond motifs is 3. The van der Waals surface area contributed by atoms with Gasteiger partial charge >= 0.3 is 15.2 Å². The molecule has 0 atom stereocenters. The van der Waals surface area contributed by atoms with Crippen LogP contribution in [0.25, 0.3) is 22.6 Å². The minimum Gasteiger partial charge on any atom is -0.305 e. The van der Waals surface area contributed by atoms with Gasteiger partial charge in [-0.25, -0.2) is 0 Å². The molecule has 3 rings (SSSR count). The molecule has 0 aliphatic carbocycles. The maximum Gasteiger partial charge on any atom is 0.369 e. The molecular formula is C20H28N4O6P2. The lowest BCUT2D eigenvalue weighted by molar-refractivity contribution is 0.214. The Bertz CT molecular complexity index is 1170. The first-order chi connectivity index (χ1) is 15.3. The molecule has 0 saturated heterocycles. The molecule has 0 radical (unpaired) electrons. The highest BCUT2D eigenvalue weighted by Crippen LogP contribution is 2.74. The van der Waals surface area contributed by atoms with Crippen LogP contribution in [0.2, 0.25) is 0 Å². The summed E-state index contributed by atoms with van der Waals surface area (Å²) in [6.07, 6.45) is 1.45. The van der Waals surface area contributed by atoms with E-state index in [2.05, 4.69) is 15.5 Å². The topological polar surface area (TPSA) is 114 Å². The van der Waals surface area contributed by atoms with Crippen molar-refractivity contribution in [1.82, 2.24) is 20.0 Å².